The maximum absolute atomic E-state index is 6.22. The number of ether oxygens (including phenoxy) is 1. The molecule has 1 aliphatic rings. The van der Waals surface area contributed by atoms with E-state index in [1.54, 1.807) is 0 Å². The van der Waals surface area contributed by atoms with E-state index in [2.05, 4.69) is 20.2 Å². The molecule has 0 spiro atoms. The van der Waals surface area contributed by atoms with Crippen LogP contribution in [0.15, 0.2) is 11.7 Å². The van der Waals surface area contributed by atoms with Crippen molar-refractivity contribution in [2.24, 2.45) is 5.73 Å². The number of nitrogens with two attached hydrogens (primary N) is 1. The predicted octanol–water partition coefficient (Wildman–Crippen LogP) is 0.502. The highest BCUT2D eigenvalue weighted by Crippen LogP contribution is 2.30. The monoisotopic (exact) mass is 237 g/mol. The summed E-state index contributed by atoms with van der Waals surface area (Å²) in [4.78, 5) is 8.54. The Labute approximate surface area is 95.9 Å². The van der Waals surface area contributed by atoms with Crippen LogP contribution in [0.5, 0.6) is 0 Å². The quantitative estimate of drug-likeness (QED) is 0.794. The molecule has 0 saturated carbocycles. The molecule has 2 aromatic rings. The van der Waals surface area contributed by atoms with Gasteiger partial charge >= 0.3 is 0 Å². The Hall–Kier alpha value is -1.31. The molecule has 3 rings (SSSR count). The molecule has 6 nitrogen and oxygen atoms in total. The lowest BCUT2D eigenvalue weighted by Gasteiger charge is -2.18. The zero-order valence-corrected chi connectivity index (χ0v) is 9.33. The second kappa shape index (κ2) is 3.62. The summed E-state index contributed by atoms with van der Waals surface area (Å²) in [5, 5.41) is 9.36. The van der Waals surface area contributed by atoms with Gasteiger partial charge in [0.05, 0.1) is 17.8 Å². The molecule has 0 amide bonds. The molecular formula is C9H11N5OS. The summed E-state index contributed by atoms with van der Waals surface area (Å²) in [7, 11) is 0. The van der Waals surface area contributed by atoms with Crippen LogP contribution in [0, 0.1) is 0 Å². The summed E-state index contributed by atoms with van der Waals surface area (Å²) in [6, 6.07) is 0. The maximum Gasteiger partial charge on any atom is 0.184 e. The van der Waals surface area contributed by atoms with Crippen molar-refractivity contribution in [3.63, 3.8) is 0 Å². The molecule has 16 heavy (non-hydrogen) atoms. The number of nitrogens with zero attached hydrogens (tertiary/aromatic N) is 3. The van der Waals surface area contributed by atoms with Crippen molar-refractivity contribution in [2.75, 3.05) is 13.2 Å². The molecule has 1 aliphatic heterocycles. The number of aromatic nitrogens is 4. The first-order valence-corrected chi connectivity index (χ1v) is 5.84. The van der Waals surface area contributed by atoms with Gasteiger partial charge in [0, 0.05) is 12.0 Å². The van der Waals surface area contributed by atoms with Crippen molar-refractivity contribution in [3.8, 4) is 10.8 Å². The number of hydrogen-bond donors (Lipinski definition) is 2. The molecule has 1 atom stereocenters. The molecule has 1 saturated heterocycles. The summed E-state index contributed by atoms with van der Waals surface area (Å²) in [5.41, 5.74) is 6.66. The van der Waals surface area contributed by atoms with Crippen LogP contribution in [0.1, 0.15) is 12.1 Å². The Bertz CT molecular complexity index is 474. The fraction of sp³-hybridized carbons (Fsp3) is 0.444. The van der Waals surface area contributed by atoms with E-state index in [1.807, 2.05) is 5.38 Å². The third-order valence-electron chi connectivity index (χ3n) is 2.68. The first kappa shape index (κ1) is 9.88. The van der Waals surface area contributed by atoms with Gasteiger partial charge in [-0.2, -0.15) is 5.10 Å². The van der Waals surface area contributed by atoms with Gasteiger partial charge in [-0.05, 0) is 6.42 Å². The molecule has 3 N–H and O–H groups in total. The fourth-order valence-corrected chi connectivity index (χ4v) is 2.57. The number of hydrogen-bond acceptors (Lipinski definition) is 6. The largest absolute Gasteiger partial charge is 0.379 e. The lowest BCUT2D eigenvalue weighted by molar-refractivity contribution is 0.177. The van der Waals surface area contributed by atoms with Crippen LogP contribution < -0.4 is 5.73 Å². The fourth-order valence-electron chi connectivity index (χ4n) is 1.70. The van der Waals surface area contributed by atoms with Crippen LogP contribution in [0.25, 0.3) is 10.8 Å². The minimum Gasteiger partial charge on any atom is -0.379 e. The maximum atomic E-state index is 6.22. The highest BCUT2D eigenvalue weighted by atomic mass is 32.1. The third kappa shape index (κ3) is 1.53. The minimum atomic E-state index is -0.436. The van der Waals surface area contributed by atoms with Crippen LogP contribution in [0.2, 0.25) is 0 Å². The van der Waals surface area contributed by atoms with E-state index in [0.717, 1.165) is 17.1 Å². The minimum absolute atomic E-state index is 0.436. The lowest BCUT2D eigenvalue weighted by Crippen LogP contribution is -2.37. The highest BCUT2D eigenvalue weighted by molar-refractivity contribution is 7.13. The van der Waals surface area contributed by atoms with Crippen molar-refractivity contribution in [3.05, 3.63) is 17.4 Å². The molecule has 0 radical (unpaired) electrons. The molecule has 1 unspecified atom stereocenters. The van der Waals surface area contributed by atoms with Crippen molar-refractivity contribution < 1.29 is 4.74 Å². The summed E-state index contributed by atoms with van der Waals surface area (Å²) in [6.45, 7) is 1.23. The first-order valence-electron chi connectivity index (χ1n) is 4.96. The molecule has 3 heterocycles. The van der Waals surface area contributed by atoms with Crippen molar-refractivity contribution in [1.29, 1.82) is 0 Å². The topological polar surface area (TPSA) is 89.7 Å². The van der Waals surface area contributed by atoms with Gasteiger partial charge in [0.15, 0.2) is 10.8 Å². The van der Waals surface area contributed by atoms with E-state index in [0.29, 0.717) is 19.0 Å². The zero-order valence-electron chi connectivity index (χ0n) is 8.51. The molecule has 0 aromatic carbocycles. The van der Waals surface area contributed by atoms with Crippen molar-refractivity contribution >= 4 is 11.3 Å². The standard InChI is InChI=1S/C9H11N5OS/c10-9(1-2-15-4-9)6-3-16-8(13-6)7-11-5-12-14-7/h3,5H,1-2,4,10H2,(H,11,12,14). The van der Waals surface area contributed by atoms with E-state index in [-0.39, 0.29) is 0 Å². The molecule has 0 bridgehead atoms. The SMILES string of the molecule is NC1(c2csc(-c3ncn[nH]3)n2)CCOC1. The number of thiazole rings is 1. The Balaban J connectivity index is 1.93. The predicted molar refractivity (Wildman–Crippen MR) is 58.8 cm³/mol. The third-order valence-corrected chi connectivity index (χ3v) is 3.53. The zero-order chi connectivity index (χ0) is 11.0. The number of nitrogens with one attached hydrogen (secondary N) is 1. The van der Waals surface area contributed by atoms with Crippen LogP contribution in [-0.4, -0.2) is 33.4 Å². The summed E-state index contributed by atoms with van der Waals surface area (Å²) in [5.74, 6) is 0.679. The number of H-pyrrole nitrogens is 1. The van der Waals surface area contributed by atoms with Gasteiger partial charge < -0.3 is 10.5 Å². The van der Waals surface area contributed by atoms with E-state index in [9.17, 15) is 0 Å². The normalized spacial score (nSPS) is 25.1. The molecule has 1 fully saturated rings. The Morgan fingerprint density at radius 1 is 1.56 bits per heavy atom. The average molecular weight is 237 g/mol. The molecule has 2 aromatic heterocycles. The molecule has 0 aliphatic carbocycles. The van der Waals surface area contributed by atoms with E-state index >= 15 is 0 Å². The van der Waals surface area contributed by atoms with Crippen LogP contribution in [0.4, 0.5) is 0 Å². The first-order chi connectivity index (χ1) is 7.78. The van der Waals surface area contributed by atoms with Gasteiger partial charge in [0.1, 0.15) is 6.33 Å². The van der Waals surface area contributed by atoms with E-state index in [4.69, 9.17) is 10.5 Å². The van der Waals surface area contributed by atoms with Crippen LogP contribution in [0.3, 0.4) is 0 Å². The van der Waals surface area contributed by atoms with Crippen molar-refractivity contribution in [1.82, 2.24) is 20.2 Å². The van der Waals surface area contributed by atoms with Gasteiger partial charge in [0.2, 0.25) is 0 Å². The highest BCUT2D eigenvalue weighted by Gasteiger charge is 2.34. The van der Waals surface area contributed by atoms with E-state index < -0.39 is 5.54 Å². The summed E-state index contributed by atoms with van der Waals surface area (Å²) in [6.07, 6.45) is 2.28. The van der Waals surface area contributed by atoms with Crippen molar-refractivity contribution in [2.45, 2.75) is 12.0 Å². The Morgan fingerprint density at radius 3 is 3.19 bits per heavy atom. The summed E-state index contributed by atoms with van der Waals surface area (Å²) < 4.78 is 5.32. The lowest BCUT2D eigenvalue weighted by atomic mass is 9.97. The molecule has 7 heteroatoms. The second-order valence-corrected chi connectivity index (χ2v) is 4.69. The number of aromatic amines is 1. The van der Waals surface area contributed by atoms with Gasteiger partial charge in [-0.1, -0.05) is 0 Å². The average Bonchev–Trinajstić information content (AvgIpc) is 2.98. The van der Waals surface area contributed by atoms with Crippen LogP contribution in [-0.2, 0) is 10.3 Å². The Kier molecular flexibility index (Phi) is 2.23. The smallest absolute Gasteiger partial charge is 0.184 e. The molecule has 84 valence electrons. The van der Waals surface area contributed by atoms with E-state index in [1.165, 1.54) is 17.7 Å². The molecular weight excluding hydrogens is 226 g/mol. The van der Waals surface area contributed by atoms with Gasteiger partial charge in [-0.3, -0.25) is 5.10 Å². The van der Waals surface area contributed by atoms with Gasteiger partial charge in [0.25, 0.3) is 0 Å². The summed E-state index contributed by atoms with van der Waals surface area (Å²) >= 11 is 1.51. The Morgan fingerprint density at radius 2 is 2.50 bits per heavy atom. The number of rotatable bonds is 2. The van der Waals surface area contributed by atoms with Gasteiger partial charge in [-0.25, -0.2) is 9.97 Å². The second-order valence-electron chi connectivity index (χ2n) is 3.83. The van der Waals surface area contributed by atoms with Crippen LogP contribution >= 0.6 is 11.3 Å². The van der Waals surface area contributed by atoms with Gasteiger partial charge in [-0.15, -0.1) is 11.3 Å².